The van der Waals surface area contributed by atoms with Crippen LogP contribution in [0.5, 0.6) is 0 Å². The fraction of sp³-hybridized carbons (Fsp3) is 0.846. The molecule has 0 saturated carbocycles. The molecule has 1 aromatic heterocycles. The van der Waals surface area contributed by atoms with Crippen LogP contribution in [0.2, 0.25) is 0 Å². The van der Waals surface area contributed by atoms with Gasteiger partial charge in [-0.15, -0.1) is 0 Å². The standard InChI is InChI=1S/C13H21N3OS/c17-8-11-3-4-13-14-12(15-16(13)7-11)6-10-2-1-5-18-9-10/h10-11,17H,1-9H2. The van der Waals surface area contributed by atoms with E-state index in [0.717, 1.165) is 43.4 Å². The van der Waals surface area contributed by atoms with Crippen LogP contribution in [0.4, 0.5) is 0 Å². The van der Waals surface area contributed by atoms with E-state index in [2.05, 4.69) is 21.8 Å². The van der Waals surface area contributed by atoms with Crippen LogP contribution in [0.1, 0.15) is 30.9 Å². The van der Waals surface area contributed by atoms with Gasteiger partial charge in [0.15, 0.2) is 5.82 Å². The highest BCUT2D eigenvalue weighted by atomic mass is 32.2. The summed E-state index contributed by atoms with van der Waals surface area (Å²) < 4.78 is 2.02. The molecule has 0 amide bonds. The van der Waals surface area contributed by atoms with Gasteiger partial charge in [-0.3, -0.25) is 0 Å². The molecule has 3 rings (SSSR count). The van der Waals surface area contributed by atoms with E-state index in [1.165, 1.54) is 24.3 Å². The summed E-state index contributed by atoms with van der Waals surface area (Å²) in [7, 11) is 0. The molecule has 2 aliphatic heterocycles. The number of rotatable bonds is 3. The van der Waals surface area contributed by atoms with E-state index in [1.807, 2.05) is 4.68 Å². The zero-order valence-electron chi connectivity index (χ0n) is 10.7. The summed E-state index contributed by atoms with van der Waals surface area (Å²) in [5.41, 5.74) is 0. The number of hydrogen-bond acceptors (Lipinski definition) is 4. The van der Waals surface area contributed by atoms with Crippen molar-refractivity contribution in [2.24, 2.45) is 11.8 Å². The molecule has 1 aromatic rings. The smallest absolute Gasteiger partial charge is 0.151 e. The highest BCUT2D eigenvalue weighted by molar-refractivity contribution is 7.99. The molecule has 4 nitrogen and oxygen atoms in total. The van der Waals surface area contributed by atoms with Crippen LogP contribution >= 0.6 is 11.8 Å². The van der Waals surface area contributed by atoms with E-state index >= 15 is 0 Å². The maximum Gasteiger partial charge on any atom is 0.151 e. The van der Waals surface area contributed by atoms with Crippen molar-refractivity contribution in [2.45, 2.75) is 38.6 Å². The molecule has 0 aromatic carbocycles. The fourth-order valence-corrected chi connectivity index (χ4v) is 4.04. The number of aryl methyl sites for hydroxylation is 1. The Morgan fingerprint density at radius 1 is 1.33 bits per heavy atom. The Hall–Kier alpha value is -0.550. The molecule has 18 heavy (non-hydrogen) atoms. The second kappa shape index (κ2) is 5.61. The number of aromatic nitrogens is 3. The molecule has 1 saturated heterocycles. The van der Waals surface area contributed by atoms with E-state index in [0.29, 0.717) is 5.92 Å². The SMILES string of the molecule is OCC1CCc2nc(CC3CCCSC3)nn2C1. The van der Waals surface area contributed by atoms with Crippen molar-refractivity contribution in [3.8, 4) is 0 Å². The molecule has 2 unspecified atom stereocenters. The molecule has 0 spiro atoms. The van der Waals surface area contributed by atoms with Crippen molar-refractivity contribution >= 4 is 11.8 Å². The molecular weight excluding hydrogens is 246 g/mol. The Kier molecular flexibility index (Phi) is 3.89. The minimum Gasteiger partial charge on any atom is -0.396 e. The van der Waals surface area contributed by atoms with Crippen molar-refractivity contribution in [1.82, 2.24) is 14.8 Å². The van der Waals surface area contributed by atoms with Gasteiger partial charge in [-0.1, -0.05) is 0 Å². The van der Waals surface area contributed by atoms with E-state index < -0.39 is 0 Å². The van der Waals surface area contributed by atoms with E-state index in [1.54, 1.807) is 0 Å². The summed E-state index contributed by atoms with van der Waals surface area (Å²) in [4.78, 5) is 4.67. The topological polar surface area (TPSA) is 50.9 Å². The lowest BCUT2D eigenvalue weighted by molar-refractivity contribution is 0.185. The number of aliphatic hydroxyl groups is 1. The van der Waals surface area contributed by atoms with Crippen molar-refractivity contribution < 1.29 is 5.11 Å². The van der Waals surface area contributed by atoms with E-state index in [4.69, 9.17) is 0 Å². The third-order valence-electron chi connectivity index (χ3n) is 3.98. The number of hydrogen-bond donors (Lipinski definition) is 1. The molecule has 5 heteroatoms. The van der Waals surface area contributed by atoms with Crippen LogP contribution in [0, 0.1) is 11.8 Å². The maximum atomic E-state index is 9.22. The van der Waals surface area contributed by atoms with E-state index in [9.17, 15) is 5.11 Å². The normalized spacial score (nSPS) is 28.1. The highest BCUT2D eigenvalue weighted by Crippen LogP contribution is 2.25. The van der Waals surface area contributed by atoms with Gasteiger partial charge in [0, 0.05) is 31.9 Å². The third kappa shape index (κ3) is 2.72. The summed E-state index contributed by atoms with van der Waals surface area (Å²) in [5, 5.41) is 13.8. The molecule has 0 bridgehead atoms. The Labute approximate surface area is 112 Å². The monoisotopic (exact) mass is 267 g/mol. The lowest BCUT2D eigenvalue weighted by atomic mass is 10.0. The second-order valence-corrected chi connectivity index (χ2v) is 6.65. The van der Waals surface area contributed by atoms with Crippen LogP contribution < -0.4 is 0 Å². The zero-order valence-corrected chi connectivity index (χ0v) is 11.5. The summed E-state index contributed by atoms with van der Waals surface area (Å²) in [5.74, 6) is 5.87. The molecule has 1 fully saturated rings. The predicted molar refractivity (Wildman–Crippen MR) is 72.7 cm³/mol. The summed E-state index contributed by atoms with van der Waals surface area (Å²) in [6.45, 7) is 1.12. The first kappa shape index (κ1) is 12.5. The van der Waals surface area contributed by atoms with Gasteiger partial charge in [0.05, 0.1) is 0 Å². The van der Waals surface area contributed by atoms with Crippen LogP contribution in [-0.2, 0) is 19.4 Å². The largest absolute Gasteiger partial charge is 0.396 e. The molecular formula is C13H21N3OS. The van der Waals surface area contributed by atoms with Gasteiger partial charge in [-0.2, -0.15) is 16.9 Å². The van der Waals surface area contributed by atoms with Crippen LogP contribution in [0.3, 0.4) is 0 Å². The number of thioether (sulfide) groups is 1. The van der Waals surface area contributed by atoms with Crippen LogP contribution in [-0.4, -0.2) is 38.0 Å². The van der Waals surface area contributed by atoms with Gasteiger partial charge < -0.3 is 5.11 Å². The molecule has 0 radical (unpaired) electrons. The summed E-state index contributed by atoms with van der Waals surface area (Å²) >= 11 is 2.07. The maximum absolute atomic E-state index is 9.22. The quantitative estimate of drug-likeness (QED) is 0.902. The van der Waals surface area contributed by atoms with Gasteiger partial charge in [-0.25, -0.2) is 9.67 Å². The average molecular weight is 267 g/mol. The van der Waals surface area contributed by atoms with Gasteiger partial charge in [0.1, 0.15) is 5.82 Å². The van der Waals surface area contributed by atoms with Crippen LogP contribution in [0.15, 0.2) is 0 Å². The Morgan fingerprint density at radius 3 is 3.06 bits per heavy atom. The van der Waals surface area contributed by atoms with Gasteiger partial charge in [-0.05, 0) is 36.7 Å². The summed E-state index contributed by atoms with van der Waals surface area (Å²) in [6, 6.07) is 0. The Morgan fingerprint density at radius 2 is 2.28 bits per heavy atom. The number of nitrogens with zero attached hydrogens (tertiary/aromatic N) is 3. The van der Waals surface area contributed by atoms with Crippen molar-refractivity contribution in [3.05, 3.63) is 11.6 Å². The van der Waals surface area contributed by atoms with Crippen molar-refractivity contribution in [1.29, 1.82) is 0 Å². The summed E-state index contributed by atoms with van der Waals surface area (Å²) in [6.07, 6.45) is 5.73. The van der Waals surface area contributed by atoms with Crippen molar-refractivity contribution in [2.75, 3.05) is 18.1 Å². The first-order chi connectivity index (χ1) is 8.85. The number of aliphatic hydroxyl groups excluding tert-OH is 1. The molecule has 2 atom stereocenters. The van der Waals surface area contributed by atoms with Crippen molar-refractivity contribution in [3.63, 3.8) is 0 Å². The lowest BCUT2D eigenvalue weighted by Gasteiger charge is -2.20. The zero-order chi connectivity index (χ0) is 12.4. The minimum absolute atomic E-state index is 0.272. The molecule has 3 heterocycles. The first-order valence-electron chi connectivity index (χ1n) is 6.96. The van der Waals surface area contributed by atoms with Crippen LogP contribution in [0.25, 0.3) is 0 Å². The second-order valence-electron chi connectivity index (χ2n) is 5.50. The molecule has 1 N–H and O–H groups in total. The molecule has 100 valence electrons. The van der Waals surface area contributed by atoms with Gasteiger partial charge in [0.25, 0.3) is 0 Å². The van der Waals surface area contributed by atoms with Gasteiger partial charge >= 0.3 is 0 Å². The predicted octanol–water partition coefficient (Wildman–Crippen LogP) is 1.52. The molecule has 0 aliphatic carbocycles. The van der Waals surface area contributed by atoms with Gasteiger partial charge in [0.2, 0.25) is 0 Å². The third-order valence-corrected chi connectivity index (χ3v) is 5.27. The van der Waals surface area contributed by atoms with E-state index in [-0.39, 0.29) is 6.61 Å². The fourth-order valence-electron chi connectivity index (χ4n) is 2.89. The number of fused-ring (bicyclic) bond motifs is 1. The Balaban J connectivity index is 1.65. The average Bonchev–Trinajstić information content (AvgIpc) is 2.80. The molecule has 2 aliphatic rings. The highest BCUT2D eigenvalue weighted by Gasteiger charge is 2.22. The Bertz CT molecular complexity index is 401. The first-order valence-corrected chi connectivity index (χ1v) is 8.12. The minimum atomic E-state index is 0.272. The lowest BCUT2D eigenvalue weighted by Crippen LogP contribution is -2.23.